The van der Waals surface area contributed by atoms with Crippen molar-refractivity contribution in [2.45, 2.75) is 116 Å². The van der Waals surface area contributed by atoms with Gasteiger partial charge in [-0.1, -0.05) is 70.2 Å². The molecule has 2 aromatic carbocycles. The fourth-order valence-corrected chi connectivity index (χ4v) is 11.8. The summed E-state index contributed by atoms with van der Waals surface area (Å²) < 4.78 is 57.7. The number of thiazole rings is 1. The number of H-pyrrole nitrogens is 1. The molecule has 2 aliphatic heterocycles. The molecule has 5 N–H and O–H groups in total. The van der Waals surface area contributed by atoms with Gasteiger partial charge in [-0.25, -0.2) is 18.2 Å². The number of aromatic amines is 1. The summed E-state index contributed by atoms with van der Waals surface area (Å²) in [4.78, 5) is 75.7. The van der Waals surface area contributed by atoms with Crippen molar-refractivity contribution in [2.75, 3.05) is 44.8 Å². The number of anilines is 1. The van der Waals surface area contributed by atoms with Crippen LogP contribution in [0.1, 0.15) is 98.0 Å². The number of hydrogen-bond donors (Lipinski definition) is 5. The van der Waals surface area contributed by atoms with Gasteiger partial charge in [0, 0.05) is 79.3 Å². The van der Waals surface area contributed by atoms with E-state index in [1.165, 1.54) is 22.4 Å². The molecular formula is C54H63F3N10O8S. The highest BCUT2D eigenvalue weighted by Crippen LogP contribution is 2.70. The number of nitrogens with one attached hydrogen (secondary N) is 4. The Labute approximate surface area is 441 Å². The monoisotopic (exact) mass is 1070 g/mol. The van der Waals surface area contributed by atoms with Gasteiger partial charge in [0.2, 0.25) is 17.7 Å². The van der Waals surface area contributed by atoms with Gasteiger partial charge in [0.25, 0.3) is 17.7 Å². The molecule has 404 valence electrons. The average molecular weight is 1070 g/mol. The molecule has 22 heteroatoms. The van der Waals surface area contributed by atoms with Crippen LogP contribution in [0.5, 0.6) is 5.75 Å². The molecule has 2 saturated carbocycles. The number of rotatable bonds is 19. The number of hydrogen-bond acceptors (Lipinski definition) is 12. The first kappa shape index (κ1) is 52.8. The van der Waals surface area contributed by atoms with Crippen molar-refractivity contribution in [1.29, 1.82) is 0 Å². The molecule has 2 saturated heterocycles. The van der Waals surface area contributed by atoms with Crippen LogP contribution in [0.2, 0.25) is 0 Å². The number of aromatic nitrogens is 5. The van der Waals surface area contributed by atoms with E-state index in [9.17, 15) is 42.3 Å². The molecule has 5 amide bonds. The van der Waals surface area contributed by atoms with E-state index in [0.29, 0.717) is 41.3 Å². The van der Waals surface area contributed by atoms with Gasteiger partial charge in [0.15, 0.2) is 11.4 Å². The molecule has 6 atom stereocenters. The summed E-state index contributed by atoms with van der Waals surface area (Å²) in [7, 11) is 0. The first-order valence-corrected chi connectivity index (χ1v) is 26.7. The van der Waals surface area contributed by atoms with Crippen LogP contribution in [0.15, 0.2) is 66.4 Å². The third kappa shape index (κ3) is 10.3. The van der Waals surface area contributed by atoms with Crippen molar-refractivity contribution in [3.8, 4) is 16.2 Å². The molecule has 5 aromatic rings. The van der Waals surface area contributed by atoms with Gasteiger partial charge < -0.3 is 40.3 Å². The number of aryl methyl sites for hydroxylation is 1. The molecule has 4 fully saturated rings. The van der Waals surface area contributed by atoms with E-state index in [1.807, 2.05) is 55.5 Å². The Morgan fingerprint density at radius 2 is 1.78 bits per heavy atom. The van der Waals surface area contributed by atoms with Gasteiger partial charge in [-0.2, -0.15) is 10.2 Å². The number of aliphatic hydroxyl groups excluding tert-OH is 1. The minimum absolute atomic E-state index is 0.00456. The minimum Gasteiger partial charge on any atom is -0.491 e. The van der Waals surface area contributed by atoms with E-state index in [0.717, 1.165) is 21.7 Å². The molecular weight excluding hydrogens is 1010 g/mol. The molecule has 3 aromatic heterocycles. The van der Waals surface area contributed by atoms with E-state index in [1.54, 1.807) is 49.0 Å². The second-order valence-electron chi connectivity index (χ2n) is 22.2. The van der Waals surface area contributed by atoms with Crippen molar-refractivity contribution >= 4 is 46.6 Å². The maximum atomic E-state index is 14.7. The number of likely N-dealkylation sites (tertiary alicyclic amines) is 2. The number of benzene rings is 2. The van der Waals surface area contributed by atoms with Gasteiger partial charge in [0.05, 0.1) is 59.7 Å². The number of amides is 5. The van der Waals surface area contributed by atoms with Gasteiger partial charge >= 0.3 is 0 Å². The maximum Gasteiger partial charge on any atom is 0.276 e. The molecule has 3 aliphatic carbocycles. The standard InChI is InChI=1S/C54H63F3N10O8S/c1-30-45(76-29-59-30)32-11-12-33(23-58-47(70)39-20-36(68)28-66(39)49(72)46(51(2,3)4)62-50(73)53(55)14-15-53)40(19-32)75-18-17-74-16-13-42(69)65-25-34(26-65)44(31-9-7-6-8-10-31)67-27-35(24-60-67)61-48(71)43-37-21-41-52(5,54(41,56)57)22-38(37)63-64-43/h6-12,19,24,27,29,34,36,39,41,44,46,68H,13-18,20-23,25-26,28H2,1-5H3,(H,58,70)(H,61,71)(H,62,73)(H,63,64)/t36-,39+,41+,44-,46?,52-/m1/s1. The number of fused-ring (bicyclic) bond motifs is 2. The summed E-state index contributed by atoms with van der Waals surface area (Å²) in [6, 6.07) is 12.9. The third-order valence-electron chi connectivity index (χ3n) is 15.8. The predicted octanol–water partition coefficient (Wildman–Crippen LogP) is 5.80. The SMILES string of the molecule is Cc1ncsc1-c1ccc(CNC(=O)[C@@H]2C[C@@H](O)CN2C(=O)C(NC(=O)C2(F)CC2)C(C)(C)C)c(OCCOCCC(=O)N2CC([C@@H](c3ccccc3)n3cc(NC(=O)c4n[nH]c5c4C[C@@H]4C(F)(F)[C@]4(C)C5)cn3)C2)c1. The molecule has 76 heavy (non-hydrogen) atoms. The molecule has 5 aliphatic rings. The predicted molar refractivity (Wildman–Crippen MR) is 273 cm³/mol. The number of carbonyl (C=O) groups excluding carboxylic acids is 5. The number of aliphatic hydroxyl groups is 1. The second kappa shape index (κ2) is 20.4. The number of alkyl halides is 3. The van der Waals surface area contributed by atoms with Crippen LogP contribution in [-0.2, 0) is 43.3 Å². The molecule has 0 radical (unpaired) electrons. The summed E-state index contributed by atoms with van der Waals surface area (Å²) >= 11 is 1.48. The summed E-state index contributed by atoms with van der Waals surface area (Å²) in [6.07, 6.45) is 2.79. The summed E-state index contributed by atoms with van der Waals surface area (Å²) in [5, 5.41) is 30.6. The molecule has 18 nitrogen and oxygen atoms in total. The van der Waals surface area contributed by atoms with Crippen molar-refractivity contribution in [3.63, 3.8) is 0 Å². The molecule has 0 spiro atoms. The van der Waals surface area contributed by atoms with Gasteiger partial charge in [-0.15, -0.1) is 11.3 Å². The number of halogens is 3. The summed E-state index contributed by atoms with van der Waals surface area (Å²) in [6.45, 7) is 9.96. The van der Waals surface area contributed by atoms with Crippen LogP contribution in [0.25, 0.3) is 10.4 Å². The lowest BCUT2D eigenvalue weighted by atomic mass is 9.85. The molecule has 1 unspecified atom stereocenters. The summed E-state index contributed by atoms with van der Waals surface area (Å²) in [5.74, 6) is -5.64. The van der Waals surface area contributed by atoms with E-state index in [4.69, 9.17) is 9.47 Å². The van der Waals surface area contributed by atoms with E-state index < -0.39 is 70.2 Å². The van der Waals surface area contributed by atoms with Crippen molar-refractivity contribution in [1.82, 2.24) is 45.4 Å². The Morgan fingerprint density at radius 1 is 1.01 bits per heavy atom. The Hall–Kier alpha value is -6.65. The van der Waals surface area contributed by atoms with Crippen LogP contribution in [0, 0.1) is 29.6 Å². The molecule has 0 bridgehead atoms. The number of nitrogens with zero attached hydrogens (tertiary/aromatic N) is 6. The first-order chi connectivity index (χ1) is 36.1. The second-order valence-corrected chi connectivity index (χ2v) is 23.1. The first-order valence-electron chi connectivity index (χ1n) is 25.8. The fraction of sp³-hybridized carbons (Fsp3) is 0.519. The highest BCUT2D eigenvalue weighted by molar-refractivity contribution is 7.13. The zero-order chi connectivity index (χ0) is 53.9. The maximum absolute atomic E-state index is 14.7. The topological polar surface area (TPSA) is 226 Å². The Kier molecular flexibility index (Phi) is 14.2. The van der Waals surface area contributed by atoms with Crippen molar-refractivity contribution < 1.29 is 51.7 Å². The Bertz CT molecular complexity index is 3020. The highest BCUT2D eigenvalue weighted by atomic mass is 32.1. The van der Waals surface area contributed by atoms with Crippen molar-refractivity contribution in [2.24, 2.45) is 22.7 Å². The number of β-amino-alcohol motifs (C(OH)–C–C–N with tert-alkyl or cyclic N) is 1. The minimum atomic E-state index is -2.78. The zero-order valence-corrected chi connectivity index (χ0v) is 43.9. The van der Waals surface area contributed by atoms with Crippen LogP contribution in [-0.4, -0.2) is 139 Å². The fourth-order valence-electron chi connectivity index (χ4n) is 11.0. The van der Waals surface area contributed by atoms with E-state index >= 15 is 0 Å². The third-order valence-corrected chi connectivity index (χ3v) is 16.8. The lowest BCUT2D eigenvalue weighted by Crippen LogP contribution is -2.59. The number of carbonyl (C=O) groups is 5. The van der Waals surface area contributed by atoms with Gasteiger partial charge in [0.1, 0.15) is 24.4 Å². The van der Waals surface area contributed by atoms with E-state index in [2.05, 4.69) is 36.2 Å². The van der Waals surface area contributed by atoms with Crippen LogP contribution < -0.4 is 20.7 Å². The Morgan fingerprint density at radius 3 is 2.49 bits per heavy atom. The average Bonchev–Trinajstić information content (AvgIpc) is 4.00. The van der Waals surface area contributed by atoms with Crippen molar-refractivity contribution in [3.05, 3.63) is 100 Å². The smallest absolute Gasteiger partial charge is 0.276 e. The van der Waals surface area contributed by atoms with Crippen LogP contribution in [0.3, 0.4) is 0 Å². The zero-order valence-electron chi connectivity index (χ0n) is 43.0. The normalized spacial score (nSPS) is 22.9. The van der Waals surface area contributed by atoms with Crippen LogP contribution >= 0.6 is 11.3 Å². The highest BCUT2D eigenvalue weighted by Gasteiger charge is 2.78. The molecule has 5 heterocycles. The Balaban J connectivity index is 0.714. The van der Waals surface area contributed by atoms with Crippen LogP contribution in [0.4, 0.5) is 18.9 Å². The van der Waals surface area contributed by atoms with E-state index in [-0.39, 0.29) is 95.0 Å². The largest absolute Gasteiger partial charge is 0.491 e. The van der Waals surface area contributed by atoms with Gasteiger partial charge in [-0.05, 0) is 48.8 Å². The lowest BCUT2D eigenvalue weighted by Gasteiger charge is -2.43. The number of ether oxygens (including phenoxy) is 2. The molecule has 10 rings (SSSR count). The lowest BCUT2D eigenvalue weighted by molar-refractivity contribution is -0.145. The van der Waals surface area contributed by atoms with Gasteiger partial charge in [-0.3, -0.25) is 33.8 Å². The summed E-state index contributed by atoms with van der Waals surface area (Å²) in [5.41, 5.74) is 2.76. The quantitative estimate of drug-likeness (QED) is 0.0621.